The summed E-state index contributed by atoms with van der Waals surface area (Å²) < 4.78 is 0. The van der Waals surface area contributed by atoms with Gasteiger partial charge in [0.25, 0.3) is 5.91 Å². The predicted octanol–water partition coefficient (Wildman–Crippen LogP) is 3.15. The van der Waals surface area contributed by atoms with Crippen molar-refractivity contribution in [3.05, 3.63) is 30.0 Å². The van der Waals surface area contributed by atoms with Gasteiger partial charge in [0, 0.05) is 18.0 Å². The van der Waals surface area contributed by atoms with E-state index in [1.165, 1.54) is 0 Å². The van der Waals surface area contributed by atoms with Crippen LogP contribution in [0.15, 0.2) is 24.3 Å². The van der Waals surface area contributed by atoms with Gasteiger partial charge in [-0.25, -0.2) is 0 Å². The molecule has 1 aromatic heterocycles. The van der Waals surface area contributed by atoms with Crippen molar-refractivity contribution in [2.24, 2.45) is 0 Å². The summed E-state index contributed by atoms with van der Waals surface area (Å²) in [6.45, 7) is 3.00. The van der Waals surface area contributed by atoms with Gasteiger partial charge in [-0.1, -0.05) is 25.5 Å². The minimum Gasteiger partial charge on any atom is -0.397 e. The van der Waals surface area contributed by atoms with Gasteiger partial charge in [-0.2, -0.15) is 0 Å². The molecule has 0 radical (unpaired) electrons. The summed E-state index contributed by atoms with van der Waals surface area (Å²) in [6.07, 6.45) is 4.44. The standard InChI is InChI=1S/C16H21N3O/c1-2-3-9-19(12-7-8-12)16(20)14-10-11-5-4-6-13(17)15(11)18-14/h4-6,10,12,18H,2-3,7-9,17H2,1H3. The molecule has 106 valence electrons. The Morgan fingerprint density at radius 3 is 2.90 bits per heavy atom. The van der Waals surface area contributed by atoms with Crippen LogP contribution in [0, 0.1) is 0 Å². The van der Waals surface area contributed by atoms with Crippen LogP contribution >= 0.6 is 0 Å². The number of benzene rings is 1. The third-order valence-corrected chi connectivity index (χ3v) is 3.92. The summed E-state index contributed by atoms with van der Waals surface area (Å²) in [7, 11) is 0. The smallest absolute Gasteiger partial charge is 0.270 e. The van der Waals surface area contributed by atoms with Gasteiger partial charge in [0.1, 0.15) is 5.69 Å². The highest BCUT2D eigenvalue weighted by atomic mass is 16.2. The SMILES string of the molecule is CCCCN(C(=O)c1cc2cccc(N)c2[nH]1)C1CC1. The van der Waals surface area contributed by atoms with Crippen molar-refractivity contribution in [3.8, 4) is 0 Å². The van der Waals surface area contributed by atoms with Crippen LogP contribution in [0.1, 0.15) is 43.1 Å². The summed E-state index contributed by atoms with van der Waals surface area (Å²) >= 11 is 0. The number of rotatable bonds is 5. The number of anilines is 1. The number of hydrogen-bond acceptors (Lipinski definition) is 2. The van der Waals surface area contributed by atoms with Crippen LogP contribution in [-0.4, -0.2) is 28.4 Å². The summed E-state index contributed by atoms with van der Waals surface area (Å²) in [5, 5.41) is 1.000. The average Bonchev–Trinajstić information content (AvgIpc) is 3.17. The number of aromatic amines is 1. The maximum atomic E-state index is 12.7. The van der Waals surface area contributed by atoms with E-state index in [1.807, 2.05) is 29.2 Å². The first-order valence-electron chi connectivity index (χ1n) is 7.39. The van der Waals surface area contributed by atoms with Crippen molar-refractivity contribution in [1.82, 2.24) is 9.88 Å². The Hall–Kier alpha value is -1.97. The van der Waals surface area contributed by atoms with E-state index in [1.54, 1.807) is 0 Å². The van der Waals surface area contributed by atoms with E-state index in [2.05, 4.69) is 11.9 Å². The number of fused-ring (bicyclic) bond motifs is 1. The van der Waals surface area contributed by atoms with Crippen LogP contribution in [0.2, 0.25) is 0 Å². The number of hydrogen-bond donors (Lipinski definition) is 2. The highest BCUT2D eigenvalue weighted by Crippen LogP contribution is 2.29. The van der Waals surface area contributed by atoms with E-state index in [0.717, 1.165) is 43.1 Å². The molecule has 1 aromatic carbocycles. The molecule has 1 aliphatic rings. The van der Waals surface area contributed by atoms with Crippen molar-refractivity contribution < 1.29 is 4.79 Å². The second-order valence-electron chi connectivity index (χ2n) is 5.58. The molecule has 1 fully saturated rings. The normalized spacial score (nSPS) is 14.7. The zero-order chi connectivity index (χ0) is 14.1. The zero-order valence-corrected chi connectivity index (χ0v) is 11.9. The molecule has 0 spiro atoms. The monoisotopic (exact) mass is 271 g/mol. The van der Waals surface area contributed by atoms with Crippen molar-refractivity contribution in [1.29, 1.82) is 0 Å². The molecule has 1 amide bonds. The van der Waals surface area contributed by atoms with E-state index < -0.39 is 0 Å². The Morgan fingerprint density at radius 1 is 1.45 bits per heavy atom. The number of nitrogens with one attached hydrogen (secondary N) is 1. The van der Waals surface area contributed by atoms with E-state index in [-0.39, 0.29) is 5.91 Å². The van der Waals surface area contributed by atoms with Gasteiger partial charge in [0.15, 0.2) is 0 Å². The first kappa shape index (κ1) is 13.0. The van der Waals surface area contributed by atoms with Crippen molar-refractivity contribution in [2.75, 3.05) is 12.3 Å². The Kier molecular flexibility index (Phi) is 3.38. The molecule has 1 saturated carbocycles. The molecule has 2 aromatic rings. The molecule has 0 unspecified atom stereocenters. The van der Waals surface area contributed by atoms with E-state index in [4.69, 9.17) is 5.73 Å². The average molecular weight is 271 g/mol. The number of nitrogens with zero attached hydrogens (tertiary/aromatic N) is 1. The number of H-pyrrole nitrogens is 1. The fraction of sp³-hybridized carbons (Fsp3) is 0.438. The second kappa shape index (κ2) is 5.19. The van der Waals surface area contributed by atoms with Crippen LogP contribution < -0.4 is 5.73 Å². The number of unbranched alkanes of at least 4 members (excludes halogenated alkanes) is 1. The fourth-order valence-corrected chi connectivity index (χ4v) is 2.61. The summed E-state index contributed by atoms with van der Waals surface area (Å²) in [6, 6.07) is 8.10. The van der Waals surface area contributed by atoms with Gasteiger partial charge in [0.2, 0.25) is 0 Å². The van der Waals surface area contributed by atoms with Gasteiger partial charge in [-0.3, -0.25) is 4.79 Å². The molecule has 1 aliphatic carbocycles. The summed E-state index contributed by atoms with van der Waals surface area (Å²) in [5.41, 5.74) is 8.15. The minimum absolute atomic E-state index is 0.108. The number of amides is 1. The lowest BCUT2D eigenvalue weighted by molar-refractivity contribution is 0.0736. The Balaban J connectivity index is 1.88. The molecule has 20 heavy (non-hydrogen) atoms. The zero-order valence-electron chi connectivity index (χ0n) is 11.9. The van der Waals surface area contributed by atoms with E-state index in [9.17, 15) is 4.79 Å². The van der Waals surface area contributed by atoms with Crippen LogP contribution in [0.3, 0.4) is 0 Å². The summed E-state index contributed by atoms with van der Waals surface area (Å²) in [4.78, 5) is 17.9. The van der Waals surface area contributed by atoms with Gasteiger partial charge >= 0.3 is 0 Å². The number of nitrogens with two attached hydrogens (primary N) is 1. The first-order chi connectivity index (χ1) is 9.70. The molecular formula is C16H21N3O. The third-order valence-electron chi connectivity index (χ3n) is 3.92. The molecular weight excluding hydrogens is 250 g/mol. The molecule has 0 aliphatic heterocycles. The number of carbonyl (C=O) groups excluding carboxylic acids is 1. The molecule has 3 N–H and O–H groups in total. The maximum absolute atomic E-state index is 12.7. The Morgan fingerprint density at radius 2 is 2.25 bits per heavy atom. The van der Waals surface area contributed by atoms with Gasteiger partial charge in [-0.05, 0) is 31.4 Å². The lowest BCUT2D eigenvalue weighted by Gasteiger charge is -2.21. The van der Waals surface area contributed by atoms with Crippen LogP contribution in [-0.2, 0) is 0 Å². The predicted molar refractivity (Wildman–Crippen MR) is 81.7 cm³/mol. The van der Waals surface area contributed by atoms with Crippen LogP contribution in [0.25, 0.3) is 10.9 Å². The van der Waals surface area contributed by atoms with Crippen molar-refractivity contribution in [2.45, 2.75) is 38.6 Å². The van der Waals surface area contributed by atoms with Crippen molar-refractivity contribution in [3.63, 3.8) is 0 Å². The number of carbonyl (C=O) groups is 1. The molecule has 0 bridgehead atoms. The minimum atomic E-state index is 0.108. The number of nitrogen functional groups attached to an aromatic ring is 1. The third kappa shape index (κ3) is 2.38. The largest absolute Gasteiger partial charge is 0.397 e. The lowest BCUT2D eigenvalue weighted by atomic mass is 10.2. The van der Waals surface area contributed by atoms with Gasteiger partial charge in [0.05, 0.1) is 11.2 Å². The van der Waals surface area contributed by atoms with Crippen LogP contribution in [0.5, 0.6) is 0 Å². The topological polar surface area (TPSA) is 62.1 Å². The first-order valence-corrected chi connectivity index (χ1v) is 7.39. The Bertz CT molecular complexity index is 628. The number of aromatic nitrogens is 1. The molecule has 0 saturated heterocycles. The van der Waals surface area contributed by atoms with Gasteiger partial charge in [-0.15, -0.1) is 0 Å². The lowest BCUT2D eigenvalue weighted by Crippen LogP contribution is -2.34. The molecule has 3 rings (SSSR count). The molecule has 1 heterocycles. The number of para-hydroxylation sites is 1. The molecule has 0 atom stereocenters. The second-order valence-corrected chi connectivity index (χ2v) is 5.58. The molecule has 4 heteroatoms. The van der Waals surface area contributed by atoms with Gasteiger partial charge < -0.3 is 15.6 Å². The highest BCUT2D eigenvalue weighted by molar-refractivity contribution is 6.01. The molecule has 4 nitrogen and oxygen atoms in total. The Labute approximate surface area is 118 Å². The van der Waals surface area contributed by atoms with Crippen LogP contribution in [0.4, 0.5) is 5.69 Å². The highest BCUT2D eigenvalue weighted by Gasteiger charge is 2.33. The van der Waals surface area contributed by atoms with E-state index in [0.29, 0.717) is 17.4 Å². The quantitative estimate of drug-likeness (QED) is 0.821. The maximum Gasteiger partial charge on any atom is 0.270 e. The van der Waals surface area contributed by atoms with Crippen molar-refractivity contribution >= 4 is 22.5 Å². The summed E-state index contributed by atoms with van der Waals surface area (Å²) in [5.74, 6) is 0.108. The van der Waals surface area contributed by atoms with E-state index >= 15 is 0 Å². The fourth-order valence-electron chi connectivity index (χ4n) is 2.61.